The summed E-state index contributed by atoms with van der Waals surface area (Å²) in [6.45, 7) is 4.38. The molecule has 4 N–H and O–H groups in total. The molecule has 3 heterocycles. The molecule has 4 amide bonds. The third-order valence-electron chi connectivity index (χ3n) is 8.36. The molecular weight excluding hydrogens is 637 g/mol. The average Bonchev–Trinajstić information content (AvgIpc) is 3.63. The molecule has 0 unspecified atom stereocenters. The van der Waals surface area contributed by atoms with E-state index in [4.69, 9.17) is 15.6 Å². The first-order valence-corrected chi connectivity index (χ1v) is 16.3. The highest BCUT2D eigenvalue weighted by Crippen LogP contribution is 2.32. The lowest BCUT2D eigenvalue weighted by molar-refractivity contribution is -0.157. The fourth-order valence-corrected chi connectivity index (χ4v) is 6.93. The number of nitrogens with one attached hydrogen (secondary N) is 1. The number of carbonyl (C=O) groups excluding carboxylic acids is 3. The lowest BCUT2D eigenvalue weighted by atomic mass is 9.99. The minimum atomic E-state index is -0.849. The van der Waals surface area contributed by atoms with Gasteiger partial charge in [0.15, 0.2) is 5.13 Å². The quantitative estimate of drug-likeness (QED) is 0.195. The van der Waals surface area contributed by atoms with Gasteiger partial charge >= 0.3 is 6.03 Å². The third-order valence-corrected chi connectivity index (χ3v) is 9.21. The van der Waals surface area contributed by atoms with Gasteiger partial charge in [-0.3, -0.25) is 14.6 Å². The van der Waals surface area contributed by atoms with Gasteiger partial charge in [0.2, 0.25) is 11.8 Å². The van der Waals surface area contributed by atoms with Crippen LogP contribution in [0.2, 0.25) is 0 Å². The van der Waals surface area contributed by atoms with Gasteiger partial charge in [0.25, 0.3) is 0 Å². The number of anilines is 1. The van der Waals surface area contributed by atoms with Gasteiger partial charge in [-0.05, 0) is 47.0 Å². The van der Waals surface area contributed by atoms with Crippen molar-refractivity contribution in [2.75, 3.05) is 38.6 Å². The molecule has 2 aliphatic heterocycles. The van der Waals surface area contributed by atoms with Crippen LogP contribution in [-0.2, 0) is 29.1 Å². The zero-order valence-electron chi connectivity index (χ0n) is 26.1. The number of hydrogen-bond acceptors (Lipinski definition) is 9. The number of hydrazine groups is 1. The lowest BCUT2D eigenvalue weighted by Crippen LogP contribution is -2.66. The molecule has 48 heavy (non-hydrogen) atoms. The van der Waals surface area contributed by atoms with Crippen molar-refractivity contribution in [3.63, 3.8) is 0 Å². The zero-order chi connectivity index (χ0) is 33.8. The van der Waals surface area contributed by atoms with E-state index in [2.05, 4.69) is 16.9 Å². The van der Waals surface area contributed by atoms with Crippen molar-refractivity contribution in [1.29, 1.82) is 0 Å². The van der Waals surface area contributed by atoms with E-state index >= 15 is 0 Å². The molecule has 2 atom stereocenters. The molecule has 2 saturated heterocycles. The number of aliphatic hydroxyl groups excluding tert-OH is 1. The van der Waals surface area contributed by atoms with Gasteiger partial charge in [-0.25, -0.2) is 14.2 Å². The Labute approximate surface area is 280 Å². The van der Waals surface area contributed by atoms with E-state index < -0.39 is 18.2 Å². The molecule has 250 valence electrons. The van der Waals surface area contributed by atoms with Crippen molar-refractivity contribution in [2.45, 2.75) is 31.7 Å². The number of ether oxygens (including phenoxy) is 1. The SMILES string of the molecule is C=CCN(C(=O)NCc1ccc(F)cc1)N1CC(=O)N2[C@@H](Cc3ccc(OCCO)cc3)C(=O)N(Cc3cccc4sc(N)nc34)C[C@@H]21. The number of carbonyl (C=O) groups is 3. The second-order valence-electron chi connectivity index (χ2n) is 11.5. The summed E-state index contributed by atoms with van der Waals surface area (Å²) in [5.74, 6) is -0.303. The van der Waals surface area contributed by atoms with Crippen LogP contribution in [0.25, 0.3) is 10.2 Å². The fraction of sp³-hybridized carbons (Fsp3) is 0.294. The molecule has 0 aliphatic carbocycles. The summed E-state index contributed by atoms with van der Waals surface area (Å²) >= 11 is 1.37. The van der Waals surface area contributed by atoms with Gasteiger partial charge in [-0.1, -0.05) is 53.8 Å². The van der Waals surface area contributed by atoms with Crippen LogP contribution in [0.15, 0.2) is 79.4 Å². The lowest BCUT2D eigenvalue weighted by Gasteiger charge is -2.46. The molecule has 0 saturated carbocycles. The highest BCUT2D eigenvalue weighted by Gasteiger charge is 2.52. The summed E-state index contributed by atoms with van der Waals surface area (Å²) in [6.07, 6.45) is 1.16. The summed E-state index contributed by atoms with van der Waals surface area (Å²) in [4.78, 5) is 49.4. The molecular formula is C34H36FN7O5S. The molecule has 14 heteroatoms. The molecule has 2 aliphatic rings. The van der Waals surface area contributed by atoms with Gasteiger partial charge < -0.3 is 30.7 Å². The fourth-order valence-electron chi connectivity index (χ4n) is 6.15. The Morgan fingerprint density at radius 3 is 2.62 bits per heavy atom. The number of amides is 4. The highest BCUT2D eigenvalue weighted by atomic mass is 32.1. The monoisotopic (exact) mass is 673 g/mol. The molecule has 0 radical (unpaired) electrons. The van der Waals surface area contributed by atoms with Crippen LogP contribution in [0.1, 0.15) is 16.7 Å². The van der Waals surface area contributed by atoms with E-state index in [1.807, 2.05) is 30.3 Å². The smallest absolute Gasteiger partial charge is 0.332 e. The van der Waals surface area contributed by atoms with Crippen LogP contribution < -0.4 is 15.8 Å². The van der Waals surface area contributed by atoms with E-state index in [-0.39, 0.29) is 70.0 Å². The molecule has 0 bridgehead atoms. The molecule has 6 rings (SSSR count). The Kier molecular flexibility index (Phi) is 9.85. The topological polar surface area (TPSA) is 145 Å². The molecule has 0 spiro atoms. The summed E-state index contributed by atoms with van der Waals surface area (Å²) < 4.78 is 19.8. The number of aromatic nitrogens is 1. The first-order chi connectivity index (χ1) is 23.2. The number of halogens is 1. The molecule has 4 aromatic rings. The molecule has 2 fully saturated rings. The van der Waals surface area contributed by atoms with Crippen molar-refractivity contribution in [3.05, 3.63) is 102 Å². The number of aliphatic hydroxyl groups is 1. The van der Waals surface area contributed by atoms with Gasteiger partial charge in [0.05, 0.1) is 36.5 Å². The van der Waals surface area contributed by atoms with E-state index in [0.717, 1.165) is 21.3 Å². The minimum absolute atomic E-state index is 0.109. The van der Waals surface area contributed by atoms with Gasteiger partial charge in [-0.2, -0.15) is 5.01 Å². The van der Waals surface area contributed by atoms with Gasteiger partial charge in [0, 0.05) is 19.5 Å². The van der Waals surface area contributed by atoms with Crippen molar-refractivity contribution in [1.82, 2.24) is 30.1 Å². The largest absolute Gasteiger partial charge is 0.491 e. The van der Waals surface area contributed by atoms with Crippen molar-refractivity contribution in [3.8, 4) is 5.75 Å². The standard InChI is InChI=1S/C34H36FN7O5S/c1-2-14-40(34(46)37-18-23-6-10-25(35)11-7-23)41-21-30(44)42-27(17-22-8-12-26(13-9-22)47-16-15-43)32(45)39(20-29(41)42)19-24-4-3-5-28-31(24)38-33(36)48-28/h2-13,27,29,43H,1,14-21H2,(H2,36,38)(H,37,46)/t27-,29+/m0/s1. The average molecular weight is 674 g/mol. The van der Waals surface area contributed by atoms with Crippen LogP contribution in [0, 0.1) is 5.82 Å². The number of thiazole rings is 1. The second kappa shape index (κ2) is 14.4. The molecule has 1 aromatic heterocycles. The van der Waals surface area contributed by atoms with Gasteiger partial charge in [0.1, 0.15) is 30.4 Å². The first kappa shape index (κ1) is 32.9. The summed E-state index contributed by atoms with van der Waals surface area (Å²) in [5.41, 5.74) is 9.08. The number of nitrogen functional groups attached to an aromatic ring is 1. The Balaban J connectivity index is 1.29. The molecule has 12 nitrogen and oxygen atoms in total. The van der Waals surface area contributed by atoms with E-state index in [1.54, 1.807) is 45.2 Å². The Morgan fingerprint density at radius 2 is 1.90 bits per heavy atom. The Morgan fingerprint density at radius 1 is 1.15 bits per heavy atom. The Bertz CT molecular complexity index is 1800. The number of fused-ring (bicyclic) bond motifs is 2. The van der Waals surface area contributed by atoms with E-state index in [0.29, 0.717) is 16.4 Å². The van der Waals surface area contributed by atoms with Crippen molar-refractivity contribution >= 4 is 44.5 Å². The summed E-state index contributed by atoms with van der Waals surface area (Å²) in [6, 6.07) is 17.4. The van der Waals surface area contributed by atoms with Crippen LogP contribution in [0.3, 0.4) is 0 Å². The highest BCUT2D eigenvalue weighted by molar-refractivity contribution is 7.22. The van der Waals surface area contributed by atoms with Crippen LogP contribution >= 0.6 is 11.3 Å². The first-order valence-electron chi connectivity index (χ1n) is 15.5. The van der Waals surface area contributed by atoms with Gasteiger partial charge in [-0.15, -0.1) is 6.58 Å². The predicted octanol–water partition coefficient (Wildman–Crippen LogP) is 3.13. The summed E-state index contributed by atoms with van der Waals surface area (Å²) in [5, 5.41) is 15.5. The zero-order valence-corrected chi connectivity index (χ0v) is 26.9. The number of hydrogen-bond donors (Lipinski definition) is 3. The minimum Gasteiger partial charge on any atom is -0.491 e. The van der Waals surface area contributed by atoms with Crippen LogP contribution in [0.5, 0.6) is 5.75 Å². The maximum absolute atomic E-state index is 14.3. The number of nitrogens with two attached hydrogens (primary N) is 1. The van der Waals surface area contributed by atoms with E-state index in [9.17, 15) is 18.8 Å². The number of urea groups is 1. The number of para-hydroxylation sites is 1. The molecule has 3 aromatic carbocycles. The van der Waals surface area contributed by atoms with Crippen molar-refractivity contribution < 1.29 is 28.6 Å². The summed E-state index contributed by atoms with van der Waals surface area (Å²) in [7, 11) is 0. The number of rotatable bonds is 12. The van der Waals surface area contributed by atoms with E-state index in [1.165, 1.54) is 28.5 Å². The van der Waals surface area contributed by atoms with Crippen LogP contribution in [0.4, 0.5) is 14.3 Å². The Hall–Kier alpha value is -5.05. The number of benzene rings is 3. The van der Waals surface area contributed by atoms with Crippen molar-refractivity contribution in [2.24, 2.45) is 0 Å². The van der Waals surface area contributed by atoms with Crippen LogP contribution in [-0.4, -0.2) is 92.8 Å². The maximum Gasteiger partial charge on any atom is 0.332 e. The predicted molar refractivity (Wildman–Crippen MR) is 179 cm³/mol. The second-order valence-corrected chi connectivity index (χ2v) is 12.6. The number of piperazine rings is 1. The normalized spacial score (nSPS) is 17.9. The maximum atomic E-state index is 14.3. The number of nitrogens with zero attached hydrogens (tertiary/aromatic N) is 5. The third kappa shape index (κ3) is 6.95.